The fraction of sp³-hybridized carbons (Fsp3) is 0.667. The van der Waals surface area contributed by atoms with E-state index in [4.69, 9.17) is 5.11 Å². The second kappa shape index (κ2) is 4.88. The van der Waals surface area contributed by atoms with Gasteiger partial charge >= 0.3 is 6.03 Å². The van der Waals surface area contributed by atoms with Gasteiger partial charge in [0.25, 0.3) is 11.8 Å². The molecular weight excluding hydrogens is 200 g/mol. The summed E-state index contributed by atoms with van der Waals surface area (Å²) in [5, 5.41) is 11.0. The Kier molecular flexibility index (Phi) is 3.79. The highest BCUT2D eigenvalue weighted by atomic mass is 16.3. The number of rotatable bonds is 4. The lowest BCUT2D eigenvalue weighted by molar-refractivity contribution is -0.148. The number of carbonyl (C=O) groups excluding carboxylic acids is 3. The first-order valence-corrected chi connectivity index (χ1v) is 4.92. The van der Waals surface area contributed by atoms with Crippen LogP contribution in [0.25, 0.3) is 0 Å². The van der Waals surface area contributed by atoms with Crippen LogP contribution in [-0.2, 0) is 9.59 Å². The first-order valence-electron chi connectivity index (χ1n) is 4.92. The van der Waals surface area contributed by atoms with E-state index in [1.165, 1.54) is 0 Å². The molecule has 1 heterocycles. The average Bonchev–Trinajstić information content (AvgIpc) is 2.20. The largest absolute Gasteiger partial charge is 0.375 e. The third-order valence-electron chi connectivity index (χ3n) is 2.21. The van der Waals surface area contributed by atoms with Crippen LogP contribution in [0.4, 0.5) is 4.79 Å². The van der Waals surface area contributed by atoms with Crippen molar-refractivity contribution < 1.29 is 19.5 Å². The van der Waals surface area contributed by atoms with Crippen LogP contribution in [-0.4, -0.2) is 40.5 Å². The maximum atomic E-state index is 11.3. The molecule has 15 heavy (non-hydrogen) atoms. The molecule has 1 rings (SSSR count). The van der Waals surface area contributed by atoms with E-state index in [9.17, 15) is 14.4 Å². The standard InChI is InChI=1S/C9H14N2O4/c1-2-3-4-5-11-8(14)6(12)7(13)10-9(11)15/h6,12H,2-5H2,1H3,(H,10,13,15). The number of hydrogen-bond acceptors (Lipinski definition) is 4. The van der Waals surface area contributed by atoms with Crippen LogP contribution < -0.4 is 5.32 Å². The van der Waals surface area contributed by atoms with E-state index in [1.54, 1.807) is 0 Å². The molecule has 0 aromatic heterocycles. The summed E-state index contributed by atoms with van der Waals surface area (Å²) in [6.07, 6.45) is 0.785. The Bertz CT molecular complexity index is 290. The normalized spacial score (nSPS) is 21.9. The predicted molar refractivity (Wildman–Crippen MR) is 50.8 cm³/mol. The number of carbonyl (C=O) groups is 3. The number of nitrogens with one attached hydrogen (secondary N) is 1. The van der Waals surface area contributed by atoms with Crippen molar-refractivity contribution in [2.75, 3.05) is 6.54 Å². The summed E-state index contributed by atoms with van der Waals surface area (Å²) >= 11 is 0. The van der Waals surface area contributed by atoms with Crippen LogP contribution in [0.5, 0.6) is 0 Å². The molecule has 1 saturated heterocycles. The van der Waals surface area contributed by atoms with Gasteiger partial charge in [-0.2, -0.15) is 0 Å². The Morgan fingerprint density at radius 1 is 1.33 bits per heavy atom. The zero-order valence-electron chi connectivity index (χ0n) is 8.52. The van der Waals surface area contributed by atoms with Gasteiger partial charge in [-0.25, -0.2) is 4.79 Å². The molecule has 1 aliphatic heterocycles. The molecule has 84 valence electrons. The van der Waals surface area contributed by atoms with Crippen LogP contribution in [0.2, 0.25) is 0 Å². The summed E-state index contributed by atoms with van der Waals surface area (Å²) < 4.78 is 0. The van der Waals surface area contributed by atoms with E-state index in [0.717, 1.165) is 17.7 Å². The molecule has 1 atom stereocenters. The highest BCUT2D eigenvalue weighted by Crippen LogP contribution is 2.06. The number of urea groups is 1. The molecule has 1 fully saturated rings. The first kappa shape index (κ1) is 11.6. The van der Waals surface area contributed by atoms with E-state index >= 15 is 0 Å². The van der Waals surface area contributed by atoms with Crippen molar-refractivity contribution in [2.24, 2.45) is 0 Å². The number of aliphatic hydroxyl groups excluding tert-OH is 1. The van der Waals surface area contributed by atoms with Crippen molar-refractivity contribution in [3.8, 4) is 0 Å². The first-order chi connectivity index (χ1) is 7.07. The summed E-state index contributed by atoms with van der Waals surface area (Å²) in [4.78, 5) is 34.3. The topological polar surface area (TPSA) is 86.7 Å². The number of amides is 4. The highest BCUT2D eigenvalue weighted by Gasteiger charge is 2.38. The molecule has 0 aromatic rings. The fourth-order valence-electron chi connectivity index (χ4n) is 1.33. The van der Waals surface area contributed by atoms with E-state index in [1.807, 2.05) is 12.2 Å². The van der Waals surface area contributed by atoms with Crippen LogP contribution in [0.3, 0.4) is 0 Å². The number of nitrogens with zero attached hydrogens (tertiary/aromatic N) is 1. The number of barbiturate groups is 1. The smallest absolute Gasteiger partial charge is 0.330 e. The monoisotopic (exact) mass is 214 g/mol. The maximum Gasteiger partial charge on any atom is 0.330 e. The molecule has 2 N–H and O–H groups in total. The molecular formula is C9H14N2O4. The van der Waals surface area contributed by atoms with Crippen molar-refractivity contribution >= 4 is 17.8 Å². The van der Waals surface area contributed by atoms with Gasteiger partial charge in [0, 0.05) is 6.54 Å². The summed E-state index contributed by atoms with van der Waals surface area (Å²) in [6.45, 7) is 2.24. The molecule has 6 heteroatoms. The van der Waals surface area contributed by atoms with Crippen molar-refractivity contribution in [3.05, 3.63) is 0 Å². The van der Waals surface area contributed by atoms with Crippen molar-refractivity contribution in [1.82, 2.24) is 10.2 Å². The third-order valence-corrected chi connectivity index (χ3v) is 2.21. The molecule has 1 aliphatic rings. The minimum atomic E-state index is -1.75. The second-order valence-electron chi connectivity index (χ2n) is 3.39. The van der Waals surface area contributed by atoms with Crippen molar-refractivity contribution in [3.63, 3.8) is 0 Å². The summed E-state index contributed by atoms with van der Waals surface area (Å²) in [6, 6.07) is -0.744. The Balaban J connectivity index is 2.58. The fourth-order valence-corrected chi connectivity index (χ4v) is 1.33. The Morgan fingerprint density at radius 3 is 2.60 bits per heavy atom. The van der Waals surface area contributed by atoms with Crippen molar-refractivity contribution in [1.29, 1.82) is 0 Å². The zero-order chi connectivity index (χ0) is 11.4. The van der Waals surface area contributed by atoms with Crippen molar-refractivity contribution in [2.45, 2.75) is 32.3 Å². The van der Waals surface area contributed by atoms with E-state index in [0.29, 0.717) is 6.42 Å². The number of unbranched alkanes of at least 4 members (excludes halogenated alkanes) is 2. The molecule has 0 aromatic carbocycles. The maximum absolute atomic E-state index is 11.3. The highest BCUT2D eigenvalue weighted by molar-refractivity contribution is 6.17. The van der Waals surface area contributed by atoms with Gasteiger partial charge in [0.05, 0.1) is 0 Å². The third kappa shape index (κ3) is 2.53. The Hall–Kier alpha value is -1.43. The van der Waals surface area contributed by atoms with Gasteiger partial charge in [-0.3, -0.25) is 19.8 Å². The number of aliphatic hydroxyl groups is 1. The van der Waals surface area contributed by atoms with Gasteiger partial charge in [-0.05, 0) is 6.42 Å². The molecule has 0 radical (unpaired) electrons. The lowest BCUT2D eigenvalue weighted by Gasteiger charge is -2.27. The molecule has 0 bridgehead atoms. The minimum Gasteiger partial charge on any atom is -0.375 e. The van der Waals surface area contributed by atoms with Gasteiger partial charge in [-0.1, -0.05) is 19.8 Å². The average molecular weight is 214 g/mol. The van der Waals surface area contributed by atoms with E-state index in [2.05, 4.69) is 0 Å². The summed E-state index contributed by atoms with van der Waals surface area (Å²) in [5.41, 5.74) is 0. The number of hydrogen-bond donors (Lipinski definition) is 2. The quantitative estimate of drug-likeness (QED) is 0.493. The number of imide groups is 2. The molecule has 1 unspecified atom stereocenters. The zero-order valence-corrected chi connectivity index (χ0v) is 8.52. The lowest BCUT2D eigenvalue weighted by Crippen LogP contribution is -2.60. The van der Waals surface area contributed by atoms with Gasteiger partial charge in [-0.15, -0.1) is 0 Å². The summed E-state index contributed by atoms with van der Waals surface area (Å²) in [7, 11) is 0. The van der Waals surface area contributed by atoms with Gasteiger partial charge in [0.1, 0.15) is 0 Å². The minimum absolute atomic E-state index is 0.239. The Labute approximate surface area is 87.2 Å². The molecule has 0 saturated carbocycles. The van der Waals surface area contributed by atoms with Crippen LogP contribution in [0, 0.1) is 0 Å². The molecule has 0 aliphatic carbocycles. The van der Waals surface area contributed by atoms with Gasteiger partial charge in [0.15, 0.2) is 0 Å². The summed E-state index contributed by atoms with van der Waals surface area (Å²) in [5.74, 6) is -1.78. The second-order valence-corrected chi connectivity index (χ2v) is 3.39. The van der Waals surface area contributed by atoms with E-state index < -0.39 is 23.9 Å². The SMILES string of the molecule is CCCCCN1C(=O)NC(=O)C(O)C1=O. The van der Waals surface area contributed by atoms with Crippen LogP contribution in [0.1, 0.15) is 26.2 Å². The van der Waals surface area contributed by atoms with E-state index in [-0.39, 0.29) is 6.54 Å². The van der Waals surface area contributed by atoms with Crippen LogP contribution >= 0.6 is 0 Å². The predicted octanol–water partition coefficient (Wildman–Crippen LogP) is -0.384. The molecule has 0 spiro atoms. The van der Waals surface area contributed by atoms with Gasteiger partial charge < -0.3 is 5.11 Å². The molecule has 6 nitrogen and oxygen atoms in total. The van der Waals surface area contributed by atoms with Crippen LogP contribution in [0.15, 0.2) is 0 Å². The van der Waals surface area contributed by atoms with Gasteiger partial charge in [0.2, 0.25) is 6.10 Å². The lowest BCUT2D eigenvalue weighted by atomic mass is 10.2. The Morgan fingerprint density at radius 2 is 2.00 bits per heavy atom. The molecule has 4 amide bonds.